The Bertz CT molecular complexity index is 978. The molecule has 6 nitrogen and oxygen atoms in total. The van der Waals surface area contributed by atoms with Crippen LogP contribution in [0.1, 0.15) is 19.4 Å². The van der Waals surface area contributed by atoms with Gasteiger partial charge in [0.2, 0.25) is 11.8 Å². The first-order valence-corrected chi connectivity index (χ1v) is 10.00. The number of nitrogens with zero attached hydrogens (tertiary/aromatic N) is 1. The van der Waals surface area contributed by atoms with Crippen LogP contribution >= 0.6 is 0 Å². The quantitative estimate of drug-likeness (QED) is 0.781. The van der Waals surface area contributed by atoms with Crippen molar-refractivity contribution in [3.63, 3.8) is 0 Å². The average Bonchev–Trinajstić information content (AvgIpc) is 3.39. The van der Waals surface area contributed by atoms with E-state index in [0.29, 0.717) is 13.1 Å². The number of aromatic amines is 1. The molecule has 6 heteroatoms. The summed E-state index contributed by atoms with van der Waals surface area (Å²) >= 11 is 0. The van der Waals surface area contributed by atoms with Crippen molar-refractivity contribution >= 4 is 22.7 Å². The molecule has 3 aliphatic rings. The van der Waals surface area contributed by atoms with Crippen molar-refractivity contribution in [2.45, 2.75) is 38.0 Å². The maximum Gasteiger partial charge on any atom is 0.230 e. The fraction of sp³-hybridized carbons (Fsp3) is 0.455. The lowest BCUT2D eigenvalue weighted by Gasteiger charge is -2.24. The highest BCUT2D eigenvalue weighted by atomic mass is 16.5. The second kappa shape index (κ2) is 6.21. The van der Waals surface area contributed by atoms with E-state index in [2.05, 4.69) is 22.4 Å². The van der Waals surface area contributed by atoms with Gasteiger partial charge in [0.1, 0.15) is 5.60 Å². The number of carbonyl (C=O) groups excluding carboxylic acids is 2. The minimum atomic E-state index is -0.638. The number of aromatic nitrogens is 1. The largest absolute Gasteiger partial charge is 0.361 e. The topological polar surface area (TPSA) is 74.4 Å². The molecule has 1 aromatic heterocycles. The number of nitrogens with one attached hydrogen (secondary N) is 2. The Hall–Kier alpha value is -2.60. The molecule has 0 saturated carbocycles. The van der Waals surface area contributed by atoms with Gasteiger partial charge in [-0.3, -0.25) is 9.59 Å². The van der Waals surface area contributed by atoms with Gasteiger partial charge in [-0.1, -0.05) is 30.4 Å². The summed E-state index contributed by atoms with van der Waals surface area (Å²) in [6.45, 7) is 5.01. The molecule has 2 saturated heterocycles. The van der Waals surface area contributed by atoms with Crippen LogP contribution in [0.3, 0.4) is 0 Å². The number of likely N-dealkylation sites (tertiary alicyclic amines) is 1. The van der Waals surface area contributed by atoms with Crippen LogP contribution in [0.15, 0.2) is 42.6 Å². The maximum absolute atomic E-state index is 13.2. The Kier molecular flexibility index (Phi) is 3.88. The fourth-order valence-electron chi connectivity index (χ4n) is 5.04. The molecule has 2 aromatic rings. The normalized spacial score (nSPS) is 30.6. The third kappa shape index (κ3) is 2.51. The van der Waals surface area contributed by atoms with Gasteiger partial charge >= 0.3 is 0 Å². The van der Waals surface area contributed by atoms with Gasteiger partial charge in [-0.2, -0.15) is 0 Å². The van der Waals surface area contributed by atoms with Crippen molar-refractivity contribution in [3.05, 3.63) is 48.2 Å². The van der Waals surface area contributed by atoms with E-state index in [1.54, 1.807) is 0 Å². The molecule has 5 rings (SSSR count). The number of fused-ring (bicyclic) bond motifs is 2. The molecule has 2 amide bonds. The second-order valence-corrected chi connectivity index (χ2v) is 8.43. The zero-order valence-electron chi connectivity index (χ0n) is 16.1. The van der Waals surface area contributed by atoms with E-state index in [1.165, 1.54) is 10.9 Å². The number of ether oxygens (including phenoxy) is 1. The third-order valence-electron chi connectivity index (χ3n) is 6.24. The molecule has 3 unspecified atom stereocenters. The average molecular weight is 379 g/mol. The highest BCUT2D eigenvalue weighted by Crippen LogP contribution is 2.51. The van der Waals surface area contributed by atoms with Gasteiger partial charge in [0.15, 0.2) is 0 Å². The molecule has 1 aromatic carbocycles. The Morgan fingerprint density at radius 2 is 2.21 bits per heavy atom. The van der Waals surface area contributed by atoms with Crippen LogP contribution in [-0.2, 0) is 20.7 Å². The van der Waals surface area contributed by atoms with E-state index < -0.39 is 17.4 Å². The van der Waals surface area contributed by atoms with Crippen LogP contribution in [-0.4, -0.2) is 52.5 Å². The molecule has 146 valence electrons. The lowest BCUT2D eigenvalue weighted by atomic mass is 9.76. The molecule has 28 heavy (non-hydrogen) atoms. The van der Waals surface area contributed by atoms with Gasteiger partial charge < -0.3 is 19.9 Å². The summed E-state index contributed by atoms with van der Waals surface area (Å²) in [4.78, 5) is 31.1. The van der Waals surface area contributed by atoms with Crippen LogP contribution in [0.25, 0.3) is 10.9 Å². The van der Waals surface area contributed by atoms with E-state index in [0.717, 1.165) is 11.9 Å². The van der Waals surface area contributed by atoms with Crippen molar-refractivity contribution in [2.75, 3.05) is 13.1 Å². The molecule has 4 atom stereocenters. The number of carbonyl (C=O) groups is 2. The summed E-state index contributed by atoms with van der Waals surface area (Å²) in [5, 5.41) is 4.15. The van der Waals surface area contributed by atoms with E-state index >= 15 is 0 Å². The number of amides is 2. The Balaban J connectivity index is 1.34. The van der Waals surface area contributed by atoms with Gasteiger partial charge in [0.25, 0.3) is 0 Å². The minimum absolute atomic E-state index is 0.0376. The summed E-state index contributed by atoms with van der Waals surface area (Å²) < 4.78 is 6.17. The van der Waals surface area contributed by atoms with E-state index in [1.807, 2.05) is 49.2 Å². The van der Waals surface area contributed by atoms with Gasteiger partial charge in [0, 0.05) is 29.7 Å². The zero-order valence-corrected chi connectivity index (χ0v) is 16.1. The van der Waals surface area contributed by atoms with Crippen LogP contribution in [0.5, 0.6) is 0 Å². The van der Waals surface area contributed by atoms with Crippen LogP contribution in [0.4, 0.5) is 0 Å². The number of H-pyrrole nitrogens is 1. The molecule has 3 aliphatic heterocycles. The number of rotatable bonds is 5. The molecule has 0 radical (unpaired) electrons. The number of para-hydroxylation sites is 1. The first-order valence-electron chi connectivity index (χ1n) is 10.00. The van der Waals surface area contributed by atoms with Crippen LogP contribution in [0, 0.1) is 11.8 Å². The summed E-state index contributed by atoms with van der Waals surface area (Å²) in [7, 11) is 0. The van der Waals surface area contributed by atoms with Crippen molar-refractivity contribution in [1.82, 2.24) is 15.2 Å². The molecule has 4 heterocycles. The van der Waals surface area contributed by atoms with E-state index in [-0.39, 0.29) is 24.0 Å². The molecule has 2 bridgehead atoms. The molecular weight excluding hydrogens is 354 g/mol. The SMILES string of the molecule is CC(C)NC(=O)C1C2C=C[C@@]3(CN(CCc4c[nH]c5ccccc45)C(=O)C13)O2. The summed E-state index contributed by atoms with van der Waals surface area (Å²) in [5.74, 6) is -0.888. The molecule has 1 spiro atoms. The predicted molar refractivity (Wildman–Crippen MR) is 106 cm³/mol. The van der Waals surface area contributed by atoms with Crippen molar-refractivity contribution in [3.8, 4) is 0 Å². The summed E-state index contributed by atoms with van der Waals surface area (Å²) in [5.41, 5.74) is 1.67. The van der Waals surface area contributed by atoms with Crippen molar-refractivity contribution in [1.29, 1.82) is 0 Å². The van der Waals surface area contributed by atoms with Crippen molar-refractivity contribution in [2.24, 2.45) is 11.8 Å². The van der Waals surface area contributed by atoms with Crippen molar-refractivity contribution < 1.29 is 14.3 Å². The zero-order chi connectivity index (χ0) is 19.5. The standard InChI is InChI=1S/C22H25N3O3/c1-13(2)24-20(26)18-17-7-9-22(28-17)12-25(21(27)19(18)22)10-8-14-11-23-16-6-4-3-5-15(14)16/h3-7,9,11,13,17-19,23H,8,10,12H2,1-2H3,(H,24,26)/t17?,18?,19?,22-/m0/s1. The predicted octanol–water partition coefficient (Wildman–Crippen LogP) is 2.02. The third-order valence-corrected chi connectivity index (χ3v) is 6.24. The Labute approximate surface area is 163 Å². The smallest absolute Gasteiger partial charge is 0.230 e. The van der Waals surface area contributed by atoms with E-state index in [4.69, 9.17) is 4.74 Å². The number of hydrogen-bond acceptors (Lipinski definition) is 3. The van der Waals surface area contributed by atoms with Gasteiger partial charge in [-0.05, 0) is 31.9 Å². The lowest BCUT2D eigenvalue weighted by Crippen LogP contribution is -2.45. The monoisotopic (exact) mass is 379 g/mol. The Morgan fingerprint density at radius 1 is 1.39 bits per heavy atom. The number of benzene rings is 1. The highest BCUT2D eigenvalue weighted by Gasteiger charge is 2.66. The van der Waals surface area contributed by atoms with Gasteiger partial charge in [-0.25, -0.2) is 0 Å². The summed E-state index contributed by atoms with van der Waals surface area (Å²) in [6.07, 6.45) is 6.46. The highest BCUT2D eigenvalue weighted by molar-refractivity contribution is 5.93. The first kappa shape index (κ1) is 17.5. The lowest BCUT2D eigenvalue weighted by molar-refractivity contribution is -0.137. The molecular formula is C22H25N3O3. The van der Waals surface area contributed by atoms with Gasteiger partial charge in [-0.15, -0.1) is 0 Å². The second-order valence-electron chi connectivity index (χ2n) is 8.43. The number of hydrogen-bond donors (Lipinski definition) is 2. The maximum atomic E-state index is 13.2. The molecule has 2 fully saturated rings. The Morgan fingerprint density at radius 3 is 3.04 bits per heavy atom. The van der Waals surface area contributed by atoms with Crippen LogP contribution in [0.2, 0.25) is 0 Å². The molecule has 2 N–H and O–H groups in total. The fourth-order valence-corrected chi connectivity index (χ4v) is 5.04. The minimum Gasteiger partial charge on any atom is -0.361 e. The summed E-state index contributed by atoms with van der Waals surface area (Å²) in [6, 6.07) is 8.23. The molecule has 0 aliphatic carbocycles. The van der Waals surface area contributed by atoms with Gasteiger partial charge in [0.05, 0.1) is 24.5 Å². The van der Waals surface area contributed by atoms with E-state index in [9.17, 15) is 9.59 Å². The van der Waals surface area contributed by atoms with Crippen LogP contribution < -0.4 is 5.32 Å². The first-order chi connectivity index (χ1) is 13.5.